The highest BCUT2D eigenvalue weighted by Crippen LogP contribution is 2.22. The molecule has 2 fully saturated rings. The molecule has 5 nitrogen and oxygen atoms in total. The van der Waals surface area contributed by atoms with Gasteiger partial charge in [0.25, 0.3) is 0 Å². The van der Waals surface area contributed by atoms with Crippen molar-refractivity contribution in [1.82, 2.24) is 14.8 Å². The topological polar surface area (TPSA) is 45.7 Å². The van der Waals surface area contributed by atoms with Crippen LogP contribution in [0.5, 0.6) is 0 Å². The Kier molecular flexibility index (Phi) is 5.62. The van der Waals surface area contributed by atoms with Crippen molar-refractivity contribution in [3.8, 4) is 0 Å². The molecular formula is C18H27N3O2. The first kappa shape index (κ1) is 16.4. The predicted octanol–water partition coefficient (Wildman–Crippen LogP) is 1.73. The molecule has 0 saturated carbocycles. The highest BCUT2D eigenvalue weighted by molar-refractivity contribution is 5.76. The van der Waals surface area contributed by atoms with E-state index in [1.54, 1.807) is 12.4 Å². The SMILES string of the molecule is CCC[C@H]1COC[C@H]2CN(C(=O)CCc3ccncc3)CCN12. The molecule has 2 saturated heterocycles. The average Bonchev–Trinajstić information content (AvgIpc) is 2.60. The summed E-state index contributed by atoms with van der Waals surface area (Å²) in [6, 6.07) is 4.87. The molecule has 2 aliphatic rings. The molecule has 3 rings (SSSR count). The lowest BCUT2D eigenvalue weighted by Gasteiger charge is -2.48. The zero-order valence-electron chi connectivity index (χ0n) is 14.0. The third-order valence-electron chi connectivity index (χ3n) is 4.97. The molecule has 0 spiro atoms. The lowest BCUT2D eigenvalue weighted by Crippen LogP contribution is -2.62. The first-order valence-corrected chi connectivity index (χ1v) is 8.78. The molecular weight excluding hydrogens is 290 g/mol. The number of ether oxygens (including phenoxy) is 1. The molecule has 1 amide bonds. The normalized spacial score (nSPS) is 25.2. The average molecular weight is 317 g/mol. The van der Waals surface area contributed by atoms with E-state index in [2.05, 4.69) is 16.8 Å². The molecule has 3 heterocycles. The Morgan fingerprint density at radius 3 is 2.91 bits per heavy atom. The summed E-state index contributed by atoms with van der Waals surface area (Å²) in [5, 5.41) is 0. The summed E-state index contributed by atoms with van der Waals surface area (Å²) in [5.74, 6) is 0.263. The number of hydrogen-bond donors (Lipinski definition) is 0. The Morgan fingerprint density at radius 2 is 2.13 bits per heavy atom. The molecule has 126 valence electrons. The molecule has 1 aromatic rings. The summed E-state index contributed by atoms with van der Waals surface area (Å²) in [7, 11) is 0. The second-order valence-corrected chi connectivity index (χ2v) is 6.57. The molecule has 1 aromatic heterocycles. The highest BCUT2D eigenvalue weighted by atomic mass is 16.5. The van der Waals surface area contributed by atoms with Crippen LogP contribution in [-0.4, -0.2) is 65.6 Å². The fourth-order valence-corrected chi connectivity index (χ4v) is 3.70. The van der Waals surface area contributed by atoms with Gasteiger partial charge in [0.1, 0.15) is 0 Å². The first-order chi connectivity index (χ1) is 11.3. The molecule has 0 unspecified atom stereocenters. The van der Waals surface area contributed by atoms with Crippen LogP contribution in [0.2, 0.25) is 0 Å². The molecule has 5 heteroatoms. The van der Waals surface area contributed by atoms with Crippen molar-refractivity contribution in [3.63, 3.8) is 0 Å². The third-order valence-corrected chi connectivity index (χ3v) is 4.97. The van der Waals surface area contributed by atoms with E-state index < -0.39 is 0 Å². The van der Waals surface area contributed by atoms with E-state index in [1.165, 1.54) is 18.4 Å². The molecule has 23 heavy (non-hydrogen) atoms. The monoisotopic (exact) mass is 317 g/mol. The number of nitrogens with zero attached hydrogens (tertiary/aromatic N) is 3. The standard InChI is InChI=1S/C18H27N3O2/c1-2-3-16-13-23-14-17-12-20(10-11-21(16)17)18(22)5-4-15-6-8-19-9-7-15/h6-9,16-17H,2-5,10-14H2,1H3/t16-,17+/m0/s1. The lowest BCUT2D eigenvalue weighted by molar-refractivity contribution is -0.139. The summed E-state index contributed by atoms with van der Waals surface area (Å²) in [6.07, 6.45) is 7.31. The Balaban J connectivity index is 1.51. The van der Waals surface area contributed by atoms with Crippen molar-refractivity contribution >= 4 is 5.91 Å². The Bertz CT molecular complexity index is 506. The van der Waals surface area contributed by atoms with Crippen LogP contribution in [0, 0.1) is 0 Å². The van der Waals surface area contributed by atoms with E-state index in [4.69, 9.17) is 4.74 Å². The molecule has 2 aliphatic heterocycles. The summed E-state index contributed by atoms with van der Waals surface area (Å²) in [5.41, 5.74) is 1.18. The van der Waals surface area contributed by atoms with E-state index in [1.807, 2.05) is 17.0 Å². The number of morpholine rings is 1. The summed E-state index contributed by atoms with van der Waals surface area (Å²) >= 11 is 0. The maximum atomic E-state index is 12.5. The van der Waals surface area contributed by atoms with Gasteiger partial charge in [0.05, 0.1) is 19.3 Å². The van der Waals surface area contributed by atoms with Crippen molar-refractivity contribution in [2.24, 2.45) is 0 Å². The van der Waals surface area contributed by atoms with Crippen LogP contribution < -0.4 is 0 Å². The fourth-order valence-electron chi connectivity index (χ4n) is 3.70. The number of fused-ring (bicyclic) bond motifs is 1. The zero-order valence-corrected chi connectivity index (χ0v) is 14.0. The van der Waals surface area contributed by atoms with Gasteiger partial charge in [-0.2, -0.15) is 0 Å². The van der Waals surface area contributed by atoms with Crippen molar-refractivity contribution in [2.75, 3.05) is 32.8 Å². The van der Waals surface area contributed by atoms with Gasteiger partial charge in [0.15, 0.2) is 0 Å². The number of carbonyl (C=O) groups is 1. The van der Waals surface area contributed by atoms with Crippen molar-refractivity contribution in [1.29, 1.82) is 0 Å². The van der Waals surface area contributed by atoms with E-state index in [0.29, 0.717) is 18.5 Å². The molecule has 0 aliphatic carbocycles. The van der Waals surface area contributed by atoms with E-state index in [-0.39, 0.29) is 5.91 Å². The molecule has 0 radical (unpaired) electrons. The third kappa shape index (κ3) is 4.09. The summed E-state index contributed by atoms with van der Waals surface area (Å²) in [4.78, 5) is 21.1. The minimum absolute atomic E-state index is 0.263. The summed E-state index contributed by atoms with van der Waals surface area (Å²) in [6.45, 7) is 6.48. The second kappa shape index (κ2) is 7.88. The number of rotatable bonds is 5. The number of aromatic nitrogens is 1. The molecule has 0 aromatic carbocycles. The minimum Gasteiger partial charge on any atom is -0.378 e. The van der Waals surface area contributed by atoms with Crippen LogP contribution in [0.1, 0.15) is 31.7 Å². The highest BCUT2D eigenvalue weighted by Gasteiger charge is 2.36. The van der Waals surface area contributed by atoms with Gasteiger partial charge in [-0.1, -0.05) is 13.3 Å². The number of piperazine rings is 1. The Labute approximate surface area is 138 Å². The number of carbonyl (C=O) groups excluding carboxylic acids is 1. The van der Waals surface area contributed by atoms with Gasteiger partial charge in [0, 0.05) is 44.5 Å². The first-order valence-electron chi connectivity index (χ1n) is 8.78. The van der Waals surface area contributed by atoms with Gasteiger partial charge < -0.3 is 9.64 Å². The van der Waals surface area contributed by atoms with Crippen LogP contribution in [0.25, 0.3) is 0 Å². The Morgan fingerprint density at radius 1 is 1.30 bits per heavy atom. The van der Waals surface area contributed by atoms with E-state index in [9.17, 15) is 4.79 Å². The van der Waals surface area contributed by atoms with Crippen LogP contribution >= 0.6 is 0 Å². The van der Waals surface area contributed by atoms with Crippen LogP contribution in [0.3, 0.4) is 0 Å². The minimum atomic E-state index is 0.263. The van der Waals surface area contributed by atoms with Crippen LogP contribution in [0.4, 0.5) is 0 Å². The lowest BCUT2D eigenvalue weighted by atomic mass is 10.0. The van der Waals surface area contributed by atoms with Gasteiger partial charge in [-0.25, -0.2) is 0 Å². The largest absolute Gasteiger partial charge is 0.378 e. The number of aryl methyl sites for hydroxylation is 1. The van der Waals surface area contributed by atoms with Gasteiger partial charge in [-0.3, -0.25) is 14.7 Å². The van der Waals surface area contributed by atoms with Gasteiger partial charge in [-0.15, -0.1) is 0 Å². The maximum absolute atomic E-state index is 12.5. The van der Waals surface area contributed by atoms with Gasteiger partial charge in [0.2, 0.25) is 5.91 Å². The zero-order chi connectivity index (χ0) is 16.1. The molecule has 2 atom stereocenters. The smallest absolute Gasteiger partial charge is 0.223 e. The predicted molar refractivity (Wildman–Crippen MR) is 89.1 cm³/mol. The fraction of sp³-hybridized carbons (Fsp3) is 0.667. The van der Waals surface area contributed by atoms with Crippen molar-refractivity contribution < 1.29 is 9.53 Å². The van der Waals surface area contributed by atoms with Gasteiger partial charge in [-0.05, 0) is 30.5 Å². The number of pyridine rings is 1. The second-order valence-electron chi connectivity index (χ2n) is 6.57. The molecule has 0 bridgehead atoms. The van der Waals surface area contributed by atoms with E-state index >= 15 is 0 Å². The Hall–Kier alpha value is -1.46. The van der Waals surface area contributed by atoms with Gasteiger partial charge >= 0.3 is 0 Å². The van der Waals surface area contributed by atoms with Crippen LogP contribution in [0.15, 0.2) is 24.5 Å². The quantitative estimate of drug-likeness (QED) is 0.830. The van der Waals surface area contributed by atoms with Crippen molar-refractivity contribution in [3.05, 3.63) is 30.1 Å². The number of amides is 1. The summed E-state index contributed by atoms with van der Waals surface area (Å²) < 4.78 is 5.77. The van der Waals surface area contributed by atoms with Crippen molar-refractivity contribution in [2.45, 2.75) is 44.7 Å². The van der Waals surface area contributed by atoms with E-state index in [0.717, 1.165) is 39.3 Å². The molecule has 0 N–H and O–H groups in total. The number of hydrogen-bond acceptors (Lipinski definition) is 4. The van der Waals surface area contributed by atoms with Crippen LogP contribution in [-0.2, 0) is 16.0 Å². The maximum Gasteiger partial charge on any atom is 0.223 e.